The molecule has 9 heteroatoms. The van der Waals surface area contributed by atoms with Crippen LogP contribution in [0.2, 0.25) is 0 Å². The number of benzene rings is 3. The Morgan fingerprint density at radius 1 is 0.865 bits per heavy atom. The van der Waals surface area contributed by atoms with E-state index >= 15 is 0 Å². The lowest BCUT2D eigenvalue weighted by molar-refractivity contribution is -0.253. The van der Waals surface area contributed by atoms with Gasteiger partial charge in [0.05, 0.1) is 13.0 Å². The molecule has 0 aliphatic heterocycles. The second-order valence-corrected chi connectivity index (χ2v) is 9.15. The summed E-state index contributed by atoms with van der Waals surface area (Å²) in [6.45, 7) is 3.77. The van der Waals surface area contributed by atoms with Crippen molar-refractivity contribution in [3.63, 3.8) is 0 Å². The average Bonchev–Trinajstić information content (AvgIpc) is 2.82. The van der Waals surface area contributed by atoms with Gasteiger partial charge >= 0.3 is 18.5 Å². The SMILES string of the molecule is CC(C)COC(=O)C[C@](Cc1ccccc1)(c1ccc(F)cc1)c1cc(F)cc(OC(F)(F)C(F)F)c1. The summed E-state index contributed by atoms with van der Waals surface area (Å²) in [5.74, 6) is -3.12. The van der Waals surface area contributed by atoms with Gasteiger partial charge in [0.1, 0.15) is 17.4 Å². The molecule has 0 amide bonds. The maximum atomic E-state index is 14.8. The van der Waals surface area contributed by atoms with Gasteiger partial charge in [-0.25, -0.2) is 8.78 Å². The smallest absolute Gasteiger partial charge is 0.461 e. The third kappa shape index (κ3) is 7.27. The first kappa shape index (κ1) is 28.1. The summed E-state index contributed by atoms with van der Waals surface area (Å²) in [5.41, 5.74) is -0.419. The predicted molar refractivity (Wildman–Crippen MR) is 126 cm³/mol. The maximum Gasteiger partial charge on any atom is 0.461 e. The molecular formula is C28H26F6O3. The summed E-state index contributed by atoms with van der Waals surface area (Å²) in [4.78, 5) is 13.0. The molecule has 3 rings (SSSR count). The van der Waals surface area contributed by atoms with Crippen LogP contribution in [0.1, 0.15) is 37.0 Å². The number of carbonyl (C=O) groups excluding carboxylic acids is 1. The maximum absolute atomic E-state index is 14.8. The molecule has 0 aromatic heterocycles. The van der Waals surface area contributed by atoms with Crippen LogP contribution in [0.15, 0.2) is 72.8 Å². The van der Waals surface area contributed by atoms with Crippen molar-refractivity contribution >= 4 is 5.97 Å². The minimum Gasteiger partial charge on any atom is -0.465 e. The Labute approximate surface area is 211 Å². The number of rotatable bonds is 11. The molecule has 0 unspecified atom stereocenters. The Hall–Kier alpha value is -3.49. The summed E-state index contributed by atoms with van der Waals surface area (Å²) in [5, 5.41) is 0. The van der Waals surface area contributed by atoms with E-state index in [4.69, 9.17) is 4.74 Å². The molecule has 0 fully saturated rings. The molecule has 0 radical (unpaired) electrons. The van der Waals surface area contributed by atoms with E-state index in [1.54, 1.807) is 30.3 Å². The lowest BCUT2D eigenvalue weighted by atomic mass is 9.68. The van der Waals surface area contributed by atoms with Crippen LogP contribution < -0.4 is 4.74 Å². The highest BCUT2D eigenvalue weighted by Crippen LogP contribution is 2.42. The average molecular weight is 525 g/mol. The molecule has 0 bridgehead atoms. The first-order chi connectivity index (χ1) is 17.4. The molecule has 0 saturated heterocycles. The summed E-state index contributed by atoms with van der Waals surface area (Å²) >= 11 is 0. The molecule has 198 valence electrons. The number of esters is 1. The molecule has 0 aliphatic carbocycles. The highest BCUT2D eigenvalue weighted by molar-refractivity contribution is 5.73. The standard InChI is InChI=1S/C28H26F6O3/c1-18(2)17-36-25(35)16-27(15-19-6-4-3-5-7-19,20-8-10-22(29)11-9-20)21-12-23(30)14-24(13-21)37-28(33,34)26(31)32/h3-14,18,26H,15-17H2,1-2H3/t27-/m1/s1. The van der Waals surface area contributed by atoms with Crippen LogP contribution in [0.4, 0.5) is 26.3 Å². The fraction of sp³-hybridized carbons (Fsp3) is 0.321. The molecule has 1 atom stereocenters. The highest BCUT2D eigenvalue weighted by atomic mass is 19.3. The van der Waals surface area contributed by atoms with Crippen molar-refractivity contribution in [2.45, 2.75) is 44.6 Å². The Morgan fingerprint density at radius 3 is 2.11 bits per heavy atom. The third-order valence-corrected chi connectivity index (χ3v) is 5.70. The van der Waals surface area contributed by atoms with Crippen molar-refractivity contribution in [1.82, 2.24) is 0 Å². The van der Waals surface area contributed by atoms with Crippen LogP contribution in [0.5, 0.6) is 5.75 Å². The Balaban J connectivity index is 2.22. The van der Waals surface area contributed by atoms with Crippen molar-refractivity contribution < 1.29 is 40.6 Å². The number of alkyl halides is 4. The van der Waals surface area contributed by atoms with Crippen LogP contribution in [-0.2, 0) is 21.4 Å². The fourth-order valence-electron chi connectivity index (χ4n) is 4.01. The summed E-state index contributed by atoms with van der Waals surface area (Å²) in [6, 6.07) is 16.4. The van der Waals surface area contributed by atoms with Crippen molar-refractivity contribution in [3.8, 4) is 5.75 Å². The minimum atomic E-state index is -4.88. The van der Waals surface area contributed by atoms with Gasteiger partial charge in [0, 0.05) is 11.5 Å². The fourth-order valence-corrected chi connectivity index (χ4v) is 4.01. The first-order valence-electron chi connectivity index (χ1n) is 11.5. The van der Waals surface area contributed by atoms with E-state index in [0.717, 1.165) is 24.3 Å². The molecule has 37 heavy (non-hydrogen) atoms. The van der Waals surface area contributed by atoms with Gasteiger partial charge in [0.25, 0.3) is 0 Å². The first-order valence-corrected chi connectivity index (χ1v) is 11.5. The van der Waals surface area contributed by atoms with Crippen LogP contribution >= 0.6 is 0 Å². The largest absolute Gasteiger partial charge is 0.465 e. The summed E-state index contributed by atoms with van der Waals surface area (Å²) < 4.78 is 91.1. The van der Waals surface area contributed by atoms with Gasteiger partial charge in [-0.05, 0) is 53.3 Å². The van der Waals surface area contributed by atoms with Crippen molar-refractivity contribution in [3.05, 3.63) is 101 Å². The highest BCUT2D eigenvalue weighted by Gasteiger charge is 2.45. The van der Waals surface area contributed by atoms with Gasteiger partial charge in [-0.15, -0.1) is 0 Å². The Kier molecular flexibility index (Phi) is 8.89. The molecule has 3 nitrogen and oxygen atoms in total. The predicted octanol–water partition coefficient (Wildman–Crippen LogP) is 7.32. The van der Waals surface area contributed by atoms with E-state index in [9.17, 15) is 31.1 Å². The van der Waals surface area contributed by atoms with Crippen LogP contribution in [0, 0.1) is 17.6 Å². The van der Waals surface area contributed by atoms with Gasteiger partial charge in [-0.2, -0.15) is 17.6 Å². The number of ether oxygens (including phenoxy) is 2. The zero-order valence-corrected chi connectivity index (χ0v) is 20.2. The Morgan fingerprint density at radius 2 is 1.51 bits per heavy atom. The van der Waals surface area contributed by atoms with Gasteiger partial charge < -0.3 is 9.47 Å². The van der Waals surface area contributed by atoms with Crippen molar-refractivity contribution in [2.24, 2.45) is 5.92 Å². The second-order valence-electron chi connectivity index (χ2n) is 9.15. The number of hydrogen-bond acceptors (Lipinski definition) is 3. The monoisotopic (exact) mass is 524 g/mol. The van der Waals surface area contributed by atoms with Crippen LogP contribution in [0.25, 0.3) is 0 Å². The molecule has 0 aliphatic rings. The van der Waals surface area contributed by atoms with Gasteiger partial charge in [-0.1, -0.05) is 56.3 Å². The van der Waals surface area contributed by atoms with Crippen LogP contribution in [0.3, 0.4) is 0 Å². The molecular weight excluding hydrogens is 498 g/mol. The third-order valence-electron chi connectivity index (χ3n) is 5.70. The molecule has 0 saturated carbocycles. The molecule has 0 N–H and O–H groups in total. The summed E-state index contributed by atoms with van der Waals surface area (Å²) in [6.07, 6.45) is -9.37. The van der Waals surface area contributed by atoms with E-state index in [1.807, 2.05) is 13.8 Å². The number of halogens is 6. The van der Waals surface area contributed by atoms with E-state index < -0.39 is 41.3 Å². The zero-order chi connectivity index (χ0) is 27.2. The van der Waals surface area contributed by atoms with Gasteiger partial charge in [0.15, 0.2) is 0 Å². The number of carbonyl (C=O) groups is 1. The van der Waals surface area contributed by atoms with Crippen molar-refractivity contribution in [1.29, 1.82) is 0 Å². The van der Waals surface area contributed by atoms with E-state index in [-0.39, 0.29) is 30.9 Å². The minimum absolute atomic E-state index is 0.00970. The van der Waals surface area contributed by atoms with E-state index in [0.29, 0.717) is 17.2 Å². The second kappa shape index (κ2) is 11.7. The molecule has 3 aromatic carbocycles. The quantitative estimate of drug-likeness (QED) is 0.195. The van der Waals surface area contributed by atoms with Crippen molar-refractivity contribution in [2.75, 3.05) is 6.61 Å². The molecule has 3 aromatic rings. The lowest BCUT2D eigenvalue weighted by Gasteiger charge is -2.35. The van der Waals surface area contributed by atoms with E-state index in [1.165, 1.54) is 12.1 Å². The number of hydrogen-bond donors (Lipinski definition) is 0. The topological polar surface area (TPSA) is 35.5 Å². The molecule has 0 heterocycles. The lowest BCUT2D eigenvalue weighted by Crippen LogP contribution is -2.36. The zero-order valence-electron chi connectivity index (χ0n) is 20.2. The van der Waals surface area contributed by atoms with Crippen LogP contribution in [-0.4, -0.2) is 25.1 Å². The van der Waals surface area contributed by atoms with Gasteiger partial charge in [0.2, 0.25) is 0 Å². The molecule has 0 spiro atoms. The van der Waals surface area contributed by atoms with E-state index in [2.05, 4.69) is 4.74 Å². The normalized spacial score (nSPS) is 13.5. The van der Waals surface area contributed by atoms with Gasteiger partial charge in [-0.3, -0.25) is 4.79 Å². The Bertz CT molecular complexity index is 1180. The summed E-state index contributed by atoms with van der Waals surface area (Å²) in [7, 11) is 0.